The molecule has 0 bridgehead atoms. The highest BCUT2D eigenvalue weighted by Gasteiger charge is 2.31. The SMILES string of the molecule is Cc1ccc(-n2nc(C(C)(C)C)cc2NC(=O)[C@@H]2CC[C@H](CN)O2)cc1.Cl. The van der Waals surface area contributed by atoms with Gasteiger partial charge in [-0.25, -0.2) is 4.68 Å². The van der Waals surface area contributed by atoms with Crippen LogP contribution in [0.1, 0.15) is 44.9 Å². The van der Waals surface area contributed by atoms with Crippen molar-refractivity contribution in [1.29, 1.82) is 0 Å². The lowest BCUT2D eigenvalue weighted by molar-refractivity contribution is -0.126. The molecule has 3 rings (SSSR count). The van der Waals surface area contributed by atoms with Gasteiger partial charge in [0.2, 0.25) is 0 Å². The molecule has 2 heterocycles. The number of carbonyl (C=O) groups is 1. The monoisotopic (exact) mass is 392 g/mol. The molecule has 2 aromatic rings. The van der Waals surface area contributed by atoms with Gasteiger partial charge in [-0.1, -0.05) is 38.5 Å². The highest BCUT2D eigenvalue weighted by molar-refractivity contribution is 5.94. The Labute approximate surface area is 166 Å². The van der Waals surface area contributed by atoms with Crippen molar-refractivity contribution in [3.63, 3.8) is 0 Å². The van der Waals surface area contributed by atoms with E-state index in [1.54, 1.807) is 4.68 Å². The molecular formula is C20H29ClN4O2. The number of aryl methyl sites for hydroxylation is 1. The Morgan fingerprint density at radius 1 is 1.30 bits per heavy atom. The average Bonchev–Trinajstić information content (AvgIpc) is 3.22. The molecule has 0 unspecified atom stereocenters. The minimum atomic E-state index is -0.456. The number of anilines is 1. The van der Waals surface area contributed by atoms with Crippen molar-refractivity contribution >= 4 is 24.1 Å². The van der Waals surface area contributed by atoms with Crippen LogP contribution < -0.4 is 11.1 Å². The van der Waals surface area contributed by atoms with Crippen LogP contribution in [-0.4, -0.2) is 34.4 Å². The zero-order valence-corrected chi connectivity index (χ0v) is 17.2. The highest BCUT2D eigenvalue weighted by Crippen LogP contribution is 2.27. The number of hydrogen-bond acceptors (Lipinski definition) is 4. The van der Waals surface area contributed by atoms with Crippen molar-refractivity contribution in [2.45, 2.75) is 58.2 Å². The van der Waals surface area contributed by atoms with Gasteiger partial charge < -0.3 is 15.8 Å². The third-order valence-electron chi connectivity index (χ3n) is 4.67. The number of nitrogens with zero attached hydrogens (tertiary/aromatic N) is 2. The topological polar surface area (TPSA) is 82.2 Å². The summed E-state index contributed by atoms with van der Waals surface area (Å²) in [5.74, 6) is 0.512. The third-order valence-corrected chi connectivity index (χ3v) is 4.67. The van der Waals surface area contributed by atoms with Gasteiger partial charge in [-0.3, -0.25) is 4.79 Å². The molecule has 2 atom stereocenters. The number of aromatic nitrogens is 2. The summed E-state index contributed by atoms with van der Waals surface area (Å²) in [5, 5.41) is 7.73. The van der Waals surface area contributed by atoms with Crippen LogP contribution in [0.25, 0.3) is 5.69 Å². The summed E-state index contributed by atoms with van der Waals surface area (Å²) in [7, 11) is 0. The first-order valence-corrected chi connectivity index (χ1v) is 9.12. The van der Waals surface area contributed by atoms with Crippen LogP contribution in [-0.2, 0) is 14.9 Å². The normalized spacial score (nSPS) is 19.6. The number of amides is 1. The van der Waals surface area contributed by atoms with E-state index >= 15 is 0 Å². The summed E-state index contributed by atoms with van der Waals surface area (Å²) in [6.07, 6.45) is 1.03. The van der Waals surface area contributed by atoms with Crippen LogP contribution in [0.5, 0.6) is 0 Å². The second kappa shape index (κ2) is 8.42. The van der Waals surface area contributed by atoms with Crippen molar-refractivity contribution in [2.75, 3.05) is 11.9 Å². The van der Waals surface area contributed by atoms with Gasteiger partial charge in [-0.05, 0) is 31.9 Å². The average molecular weight is 393 g/mol. The van der Waals surface area contributed by atoms with Crippen molar-refractivity contribution < 1.29 is 9.53 Å². The summed E-state index contributed by atoms with van der Waals surface area (Å²) in [4.78, 5) is 12.7. The lowest BCUT2D eigenvalue weighted by atomic mass is 9.92. The molecule has 148 valence electrons. The number of carbonyl (C=O) groups excluding carboxylic acids is 1. The molecule has 0 spiro atoms. The zero-order valence-electron chi connectivity index (χ0n) is 16.4. The third kappa shape index (κ3) is 4.89. The van der Waals surface area contributed by atoms with E-state index in [-0.39, 0.29) is 29.8 Å². The molecule has 1 saturated heterocycles. The van der Waals surface area contributed by atoms with Crippen LogP contribution in [0.15, 0.2) is 30.3 Å². The molecule has 1 aromatic heterocycles. The molecule has 27 heavy (non-hydrogen) atoms. The molecule has 7 heteroatoms. The van der Waals surface area contributed by atoms with Crippen molar-refractivity contribution in [2.24, 2.45) is 5.73 Å². The van der Waals surface area contributed by atoms with Crippen LogP contribution in [0.4, 0.5) is 5.82 Å². The van der Waals surface area contributed by atoms with Crippen LogP contribution in [0.3, 0.4) is 0 Å². The Morgan fingerprint density at radius 2 is 1.96 bits per heavy atom. The highest BCUT2D eigenvalue weighted by atomic mass is 35.5. The lowest BCUT2D eigenvalue weighted by Gasteiger charge is -2.14. The fourth-order valence-corrected chi connectivity index (χ4v) is 3.00. The number of rotatable bonds is 4. The Balaban J connectivity index is 0.00000261. The molecule has 0 saturated carbocycles. The molecule has 1 aromatic carbocycles. The van der Waals surface area contributed by atoms with Gasteiger partial charge in [0.1, 0.15) is 11.9 Å². The first-order valence-electron chi connectivity index (χ1n) is 9.12. The van der Waals surface area contributed by atoms with E-state index in [0.717, 1.165) is 17.8 Å². The Morgan fingerprint density at radius 3 is 2.52 bits per heavy atom. The minimum absolute atomic E-state index is 0. The molecule has 1 aliphatic heterocycles. The number of ether oxygens (including phenoxy) is 1. The number of hydrogen-bond donors (Lipinski definition) is 2. The van der Waals surface area contributed by atoms with E-state index in [9.17, 15) is 4.79 Å². The lowest BCUT2D eigenvalue weighted by Crippen LogP contribution is -2.30. The van der Waals surface area contributed by atoms with Crippen molar-refractivity contribution in [1.82, 2.24) is 9.78 Å². The Kier molecular flexibility index (Phi) is 6.68. The molecule has 1 amide bonds. The summed E-state index contributed by atoms with van der Waals surface area (Å²) in [6.45, 7) is 8.80. The van der Waals surface area contributed by atoms with E-state index in [4.69, 9.17) is 15.6 Å². The van der Waals surface area contributed by atoms with Crippen LogP contribution in [0, 0.1) is 6.92 Å². The Hall–Kier alpha value is -1.89. The molecule has 1 fully saturated rings. The summed E-state index contributed by atoms with van der Waals surface area (Å²) in [6, 6.07) is 10.0. The van der Waals surface area contributed by atoms with Crippen molar-refractivity contribution in [3.05, 3.63) is 41.6 Å². The van der Waals surface area contributed by atoms with Gasteiger partial charge in [-0.2, -0.15) is 5.10 Å². The number of nitrogens with two attached hydrogens (primary N) is 1. The molecule has 0 radical (unpaired) electrons. The standard InChI is InChI=1S/C20H28N4O2.ClH/c1-13-5-7-14(8-6-13)24-18(11-17(23-24)20(2,3)4)22-19(25)16-10-9-15(12-21)26-16;/h5-8,11,15-16H,9-10,12,21H2,1-4H3,(H,22,25);1H/t15-,16+;/m1./s1. The molecule has 3 N–H and O–H groups in total. The smallest absolute Gasteiger partial charge is 0.254 e. The maximum absolute atomic E-state index is 12.7. The van der Waals surface area contributed by atoms with E-state index < -0.39 is 6.10 Å². The van der Waals surface area contributed by atoms with Crippen molar-refractivity contribution in [3.8, 4) is 5.69 Å². The summed E-state index contributed by atoms with van der Waals surface area (Å²) < 4.78 is 7.50. The van der Waals surface area contributed by atoms with E-state index in [2.05, 4.69) is 26.1 Å². The van der Waals surface area contributed by atoms with Gasteiger partial charge in [0, 0.05) is 18.0 Å². The summed E-state index contributed by atoms with van der Waals surface area (Å²) in [5.41, 5.74) is 8.52. The zero-order chi connectivity index (χ0) is 18.9. The van der Waals surface area contributed by atoms with E-state index in [1.165, 1.54) is 5.56 Å². The van der Waals surface area contributed by atoms with Gasteiger partial charge in [0.15, 0.2) is 0 Å². The molecular weight excluding hydrogens is 364 g/mol. The number of halogens is 1. The predicted octanol–water partition coefficient (Wildman–Crippen LogP) is 3.34. The maximum Gasteiger partial charge on any atom is 0.254 e. The van der Waals surface area contributed by atoms with Gasteiger partial charge in [0.25, 0.3) is 5.91 Å². The van der Waals surface area contributed by atoms with Crippen LogP contribution in [0.2, 0.25) is 0 Å². The second-order valence-corrected chi connectivity index (χ2v) is 7.96. The van der Waals surface area contributed by atoms with Gasteiger partial charge >= 0.3 is 0 Å². The first kappa shape index (κ1) is 21.4. The van der Waals surface area contributed by atoms with Crippen LogP contribution >= 0.6 is 12.4 Å². The maximum atomic E-state index is 12.7. The number of benzene rings is 1. The molecule has 1 aliphatic rings. The number of nitrogens with one attached hydrogen (secondary N) is 1. The Bertz CT molecular complexity index is 780. The predicted molar refractivity (Wildman–Crippen MR) is 110 cm³/mol. The largest absolute Gasteiger partial charge is 0.364 e. The fraction of sp³-hybridized carbons (Fsp3) is 0.500. The first-order chi connectivity index (χ1) is 12.3. The van der Waals surface area contributed by atoms with Gasteiger partial charge in [-0.15, -0.1) is 12.4 Å². The second-order valence-electron chi connectivity index (χ2n) is 7.96. The minimum Gasteiger partial charge on any atom is -0.364 e. The fourth-order valence-electron chi connectivity index (χ4n) is 3.00. The van der Waals surface area contributed by atoms with E-state index in [1.807, 2.05) is 37.3 Å². The van der Waals surface area contributed by atoms with E-state index in [0.29, 0.717) is 18.8 Å². The molecule has 0 aliphatic carbocycles. The summed E-state index contributed by atoms with van der Waals surface area (Å²) >= 11 is 0. The quantitative estimate of drug-likeness (QED) is 0.835. The molecule has 6 nitrogen and oxygen atoms in total. The van der Waals surface area contributed by atoms with Gasteiger partial charge in [0.05, 0.1) is 17.5 Å².